The molecule has 1 aromatic rings. The summed E-state index contributed by atoms with van der Waals surface area (Å²) in [4.78, 5) is 12.4. The molecule has 0 N–H and O–H groups in total. The minimum absolute atomic E-state index is 0.0185. The van der Waals surface area contributed by atoms with Crippen LogP contribution in [-0.4, -0.2) is 25.6 Å². The predicted octanol–water partition coefficient (Wildman–Crippen LogP) is 4.26. The molecule has 1 aromatic carbocycles. The molecule has 2 nitrogen and oxygen atoms in total. The van der Waals surface area contributed by atoms with Crippen LogP contribution in [0.1, 0.15) is 18.4 Å². The van der Waals surface area contributed by atoms with Gasteiger partial charge in [0, 0.05) is 0 Å². The standard InChI is InChI=1S/C16H21ClO2Si/c1-20(2,3)19-14-10-9-13(16(18)15(14)17)11-12-7-5-4-6-8-12/h4-8,11,14-15H,9-10H2,1-3H3. The van der Waals surface area contributed by atoms with Crippen molar-refractivity contribution in [3.05, 3.63) is 41.5 Å². The number of ketones is 1. The quantitative estimate of drug-likeness (QED) is 0.474. The Bertz CT molecular complexity index is 505. The molecular formula is C16H21ClO2Si. The highest BCUT2D eigenvalue weighted by molar-refractivity contribution is 6.69. The number of rotatable bonds is 3. The Morgan fingerprint density at radius 3 is 2.50 bits per heavy atom. The minimum atomic E-state index is -1.67. The lowest BCUT2D eigenvalue weighted by atomic mass is 9.89. The van der Waals surface area contributed by atoms with Gasteiger partial charge in [-0.05, 0) is 49.7 Å². The fourth-order valence-electron chi connectivity index (χ4n) is 2.38. The topological polar surface area (TPSA) is 26.3 Å². The van der Waals surface area contributed by atoms with Crippen molar-refractivity contribution in [2.45, 2.75) is 44.0 Å². The zero-order chi connectivity index (χ0) is 14.8. The van der Waals surface area contributed by atoms with Gasteiger partial charge in [-0.15, -0.1) is 11.6 Å². The van der Waals surface area contributed by atoms with Crippen molar-refractivity contribution >= 4 is 31.8 Å². The van der Waals surface area contributed by atoms with Crippen LogP contribution >= 0.6 is 11.6 Å². The molecule has 1 aliphatic carbocycles. The number of halogens is 1. The maximum atomic E-state index is 12.4. The first-order chi connectivity index (χ1) is 9.37. The molecule has 2 rings (SSSR count). The van der Waals surface area contributed by atoms with E-state index in [1.807, 2.05) is 36.4 Å². The lowest BCUT2D eigenvalue weighted by Crippen LogP contribution is -2.43. The van der Waals surface area contributed by atoms with Gasteiger partial charge in [-0.1, -0.05) is 30.3 Å². The van der Waals surface area contributed by atoms with Gasteiger partial charge in [-0.25, -0.2) is 0 Å². The monoisotopic (exact) mass is 308 g/mol. The maximum Gasteiger partial charge on any atom is 0.184 e. The van der Waals surface area contributed by atoms with Crippen molar-refractivity contribution in [2.75, 3.05) is 0 Å². The van der Waals surface area contributed by atoms with Crippen molar-refractivity contribution in [3.8, 4) is 0 Å². The molecular weight excluding hydrogens is 288 g/mol. The number of allylic oxidation sites excluding steroid dienone is 1. The van der Waals surface area contributed by atoms with E-state index in [-0.39, 0.29) is 11.9 Å². The third-order valence-corrected chi connectivity index (χ3v) is 4.73. The largest absolute Gasteiger partial charge is 0.413 e. The molecule has 0 aromatic heterocycles. The van der Waals surface area contributed by atoms with Gasteiger partial charge in [0.25, 0.3) is 0 Å². The summed E-state index contributed by atoms with van der Waals surface area (Å²) in [6.07, 6.45) is 3.38. The predicted molar refractivity (Wildman–Crippen MR) is 86.5 cm³/mol. The number of hydrogen-bond donors (Lipinski definition) is 0. The molecule has 20 heavy (non-hydrogen) atoms. The molecule has 4 heteroatoms. The van der Waals surface area contributed by atoms with Gasteiger partial charge in [0.15, 0.2) is 14.1 Å². The number of benzene rings is 1. The zero-order valence-electron chi connectivity index (χ0n) is 12.2. The first kappa shape index (κ1) is 15.5. The summed E-state index contributed by atoms with van der Waals surface area (Å²) in [6, 6.07) is 9.89. The molecule has 2 unspecified atom stereocenters. The summed E-state index contributed by atoms with van der Waals surface area (Å²) in [5.41, 5.74) is 1.86. The van der Waals surface area contributed by atoms with Gasteiger partial charge in [-0.3, -0.25) is 4.79 Å². The number of Topliss-reactive ketones (excluding diaryl/α,β-unsaturated/α-hetero) is 1. The number of carbonyl (C=O) groups is 1. The van der Waals surface area contributed by atoms with E-state index >= 15 is 0 Å². The lowest BCUT2D eigenvalue weighted by molar-refractivity contribution is -0.118. The van der Waals surface area contributed by atoms with Crippen LogP contribution in [0.3, 0.4) is 0 Å². The average Bonchev–Trinajstić information content (AvgIpc) is 2.38. The second kappa shape index (κ2) is 6.25. The van der Waals surface area contributed by atoms with E-state index < -0.39 is 13.7 Å². The first-order valence-corrected chi connectivity index (χ1v) is 10.8. The summed E-state index contributed by atoms with van der Waals surface area (Å²) in [6.45, 7) is 6.36. The number of alkyl halides is 1. The lowest BCUT2D eigenvalue weighted by Gasteiger charge is -2.33. The molecule has 0 amide bonds. The van der Waals surface area contributed by atoms with Crippen LogP contribution < -0.4 is 0 Å². The highest BCUT2D eigenvalue weighted by atomic mass is 35.5. The molecule has 0 saturated heterocycles. The van der Waals surface area contributed by atoms with Crippen molar-refractivity contribution in [1.82, 2.24) is 0 Å². The van der Waals surface area contributed by atoms with Crippen LogP contribution in [0.2, 0.25) is 19.6 Å². The average molecular weight is 309 g/mol. The summed E-state index contributed by atoms with van der Waals surface area (Å²) >= 11 is 6.31. The van der Waals surface area contributed by atoms with Gasteiger partial charge in [-0.2, -0.15) is 0 Å². The minimum Gasteiger partial charge on any atom is -0.413 e. The summed E-state index contributed by atoms with van der Waals surface area (Å²) in [5.74, 6) is 0.0185. The van der Waals surface area contributed by atoms with Crippen molar-refractivity contribution in [3.63, 3.8) is 0 Å². The van der Waals surface area contributed by atoms with E-state index in [1.165, 1.54) is 0 Å². The molecule has 2 atom stereocenters. The highest BCUT2D eigenvalue weighted by Crippen LogP contribution is 2.30. The SMILES string of the molecule is C[Si](C)(C)OC1CCC(=Cc2ccccc2)C(=O)C1Cl. The van der Waals surface area contributed by atoms with Crippen molar-refractivity contribution in [1.29, 1.82) is 0 Å². The van der Waals surface area contributed by atoms with E-state index in [1.54, 1.807) is 0 Å². The third kappa shape index (κ3) is 4.04. The maximum absolute atomic E-state index is 12.4. The smallest absolute Gasteiger partial charge is 0.184 e. The zero-order valence-corrected chi connectivity index (χ0v) is 14.0. The van der Waals surface area contributed by atoms with Crippen molar-refractivity contribution < 1.29 is 9.22 Å². The van der Waals surface area contributed by atoms with Gasteiger partial charge in [0.05, 0.1) is 6.10 Å². The van der Waals surface area contributed by atoms with Crippen molar-refractivity contribution in [2.24, 2.45) is 0 Å². The molecule has 0 radical (unpaired) electrons. The molecule has 108 valence electrons. The summed E-state index contributed by atoms with van der Waals surface area (Å²) in [7, 11) is -1.67. The molecule has 1 aliphatic rings. The molecule has 1 saturated carbocycles. The fourth-order valence-corrected chi connectivity index (χ4v) is 3.95. The molecule has 0 aliphatic heterocycles. The second-order valence-electron chi connectivity index (χ2n) is 6.15. The molecule has 0 bridgehead atoms. The highest BCUT2D eigenvalue weighted by Gasteiger charge is 2.36. The van der Waals surface area contributed by atoms with Gasteiger partial charge >= 0.3 is 0 Å². The normalized spacial score (nSPS) is 26.0. The van der Waals surface area contributed by atoms with Gasteiger partial charge < -0.3 is 4.43 Å². The third-order valence-electron chi connectivity index (χ3n) is 3.24. The van der Waals surface area contributed by atoms with Crippen LogP contribution in [0.5, 0.6) is 0 Å². The Labute approximate surface area is 126 Å². The Morgan fingerprint density at radius 2 is 1.90 bits per heavy atom. The molecule has 1 fully saturated rings. The molecule has 0 heterocycles. The number of hydrogen-bond acceptors (Lipinski definition) is 2. The van der Waals surface area contributed by atoms with E-state index in [0.717, 1.165) is 24.0 Å². The summed E-state index contributed by atoms with van der Waals surface area (Å²) in [5, 5.41) is -0.551. The van der Waals surface area contributed by atoms with E-state index in [0.29, 0.717) is 0 Å². The Morgan fingerprint density at radius 1 is 1.25 bits per heavy atom. The van der Waals surface area contributed by atoms with Crippen LogP contribution in [0.4, 0.5) is 0 Å². The second-order valence-corrected chi connectivity index (χ2v) is 11.1. The van der Waals surface area contributed by atoms with E-state index in [9.17, 15) is 4.79 Å². The Hall–Kier alpha value is -0.903. The first-order valence-electron chi connectivity index (χ1n) is 6.98. The van der Waals surface area contributed by atoms with Crippen LogP contribution in [0, 0.1) is 0 Å². The van der Waals surface area contributed by atoms with E-state index in [4.69, 9.17) is 16.0 Å². The molecule has 0 spiro atoms. The Kier molecular flexibility index (Phi) is 4.84. The number of carbonyl (C=O) groups excluding carboxylic acids is 1. The van der Waals surface area contributed by atoms with Crippen LogP contribution in [0.15, 0.2) is 35.9 Å². The van der Waals surface area contributed by atoms with Gasteiger partial charge in [0.2, 0.25) is 0 Å². The van der Waals surface area contributed by atoms with E-state index in [2.05, 4.69) is 19.6 Å². The van der Waals surface area contributed by atoms with Crippen LogP contribution in [0.25, 0.3) is 6.08 Å². The van der Waals surface area contributed by atoms with Crippen LogP contribution in [-0.2, 0) is 9.22 Å². The fraction of sp³-hybridized carbons (Fsp3) is 0.438. The Balaban J connectivity index is 2.11. The summed E-state index contributed by atoms with van der Waals surface area (Å²) < 4.78 is 6.02. The van der Waals surface area contributed by atoms with Gasteiger partial charge in [0.1, 0.15) is 5.38 Å².